The zero-order valence-electron chi connectivity index (χ0n) is 15.9. The number of amides is 1. The minimum Gasteiger partial charge on any atom is -0.497 e. The molecule has 27 heavy (non-hydrogen) atoms. The number of anilines is 2. The van der Waals surface area contributed by atoms with Gasteiger partial charge in [0.1, 0.15) is 5.75 Å². The van der Waals surface area contributed by atoms with Crippen molar-refractivity contribution in [2.75, 3.05) is 29.5 Å². The third-order valence-electron chi connectivity index (χ3n) is 4.15. The number of hydrogen-bond donors (Lipinski definition) is 1. The summed E-state index contributed by atoms with van der Waals surface area (Å²) in [5, 5.41) is 2.80. The van der Waals surface area contributed by atoms with E-state index in [1.165, 1.54) is 10.6 Å². The maximum atomic E-state index is 12.1. The van der Waals surface area contributed by atoms with E-state index in [1.807, 2.05) is 19.1 Å². The van der Waals surface area contributed by atoms with Crippen LogP contribution in [0.15, 0.2) is 48.5 Å². The fourth-order valence-electron chi connectivity index (χ4n) is 2.69. The number of rotatable bonds is 9. The molecular formula is C20H26N2O4S. The van der Waals surface area contributed by atoms with Crippen LogP contribution in [0.25, 0.3) is 0 Å². The Morgan fingerprint density at radius 1 is 1.15 bits per heavy atom. The minimum absolute atomic E-state index is 0.168. The Balaban J connectivity index is 1.95. The average Bonchev–Trinajstić information content (AvgIpc) is 2.64. The Morgan fingerprint density at radius 3 is 2.44 bits per heavy atom. The number of sulfonamides is 1. The zero-order valence-corrected chi connectivity index (χ0v) is 16.8. The number of hydrogen-bond acceptors (Lipinski definition) is 4. The molecule has 0 fully saturated rings. The topological polar surface area (TPSA) is 75.7 Å². The van der Waals surface area contributed by atoms with Gasteiger partial charge in [-0.05, 0) is 42.7 Å². The van der Waals surface area contributed by atoms with Gasteiger partial charge in [-0.1, -0.05) is 25.1 Å². The number of nitrogens with zero attached hydrogens (tertiary/aromatic N) is 1. The number of carbonyl (C=O) groups is 1. The predicted octanol–water partition coefficient (Wildman–Crippen LogP) is 3.44. The van der Waals surface area contributed by atoms with Crippen molar-refractivity contribution in [2.24, 2.45) is 0 Å². The fraction of sp³-hybridized carbons (Fsp3) is 0.350. The molecule has 0 atom stereocenters. The second-order valence-corrected chi connectivity index (χ2v) is 8.15. The van der Waals surface area contributed by atoms with Crippen molar-refractivity contribution in [3.05, 3.63) is 54.1 Å². The van der Waals surface area contributed by atoms with E-state index in [9.17, 15) is 13.2 Å². The summed E-state index contributed by atoms with van der Waals surface area (Å²) in [6, 6.07) is 14.5. The van der Waals surface area contributed by atoms with Crippen LogP contribution in [0.4, 0.5) is 11.4 Å². The van der Waals surface area contributed by atoms with Gasteiger partial charge in [0, 0.05) is 24.7 Å². The quantitative estimate of drug-likeness (QED) is 0.712. The largest absolute Gasteiger partial charge is 0.497 e. The lowest BCUT2D eigenvalue weighted by Crippen LogP contribution is -2.31. The molecule has 0 radical (unpaired) electrons. The normalized spacial score (nSPS) is 11.1. The summed E-state index contributed by atoms with van der Waals surface area (Å²) in [6.45, 7) is 2.29. The molecule has 0 saturated carbocycles. The third-order valence-corrected chi connectivity index (χ3v) is 5.35. The van der Waals surface area contributed by atoms with Crippen LogP contribution in [0, 0.1) is 0 Å². The number of methoxy groups -OCH3 is 1. The van der Waals surface area contributed by atoms with Gasteiger partial charge in [0.2, 0.25) is 15.9 Å². The first-order valence-corrected chi connectivity index (χ1v) is 10.7. The molecule has 7 heteroatoms. The van der Waals surface area contributed by atoms with Crippen LogP contribution in [0.1, 0.15) is 25.3 Å². The van der Waals surface area contributed by atoms with Gasteiger partial charge in [0.25, 0.3) is 0 Å². The van der Waals surface area contributed by atoms with Gasteiger partial charge in [-0.3, -0.25) is 9.10 Å². The molecular weight excluding hydrogens is 364 g/mol. The first kappa shape index (κ1) is 20.8. The lowest BCUT2D eigenvalue weighted by Gasteiger charge is -2.22. The van der Waals surface area contributed by atoms with Gasteiger partial charge in [-0.2, -0.15) is 0 Å². The molecule has 0 saturated heterocycles. The lowest BCUT2D eigenvalue weighted by atomic mass is 10.1. The SMILES string of the molecule is CCc1ccc(N(CCCC(=O)Nc2cccc(OC)c2)S(C)(=O)=O)cc1. The van der Waals surface area contributed by atoms with E-state index in [1.54, 1.807) is 43.5 Å². The Hall–Kier alpha value is -2.54. The molecule has 0 aromatic heterocycles. The van der Waals surface area contributed by atoms with Gasteiger partial charge >= 0.3 is 0 Å². The minimum atomic E-state index is -3.42. The first-order valence-electron chi connectivity index (χ1n) is 8.84. The third kappa shape index (κ3) is 6.29. The molecule has 0 aliphatic carbocycles. The van der Waals surface area contributed by atoms with E-state index in [2.05, 4.69) is 5.32 Å². The highest BCUT2D eigenvalue weighted by atomic mass is 32.2. The van der Waals surface area contributed by atoms with E-state index in [4.69, 9.17) is 4.74 Å². The van der Waals surface area contributed by atoms with Gasteiger partial charge in [-0.15, -0.1) is 0 Å². The molecule has 6 nitrogen and oxygen atoms in total. The molecule has 0 aliphatic heterocycles. The van der Waals surface area contributed by atoms with Gasteiger partial charge in [0.05, 0.1) is 19.1 Å². The molecule has 1 amide bonds. The fourth-order valence-corrected chi connectivity index (χ4v) is 3.66. The van der Waals surface area contributed by atoms with Gasteiger partial charge in [-0.25, -0.2) is 8.42 Å². The summed E-state index contributed by atoms with van der Waals surface area (Å²) in [5.74, 6) is 0.490. The van der Waals surface area contributed by atoms with Crippen LogP contribution in [0.3, 0.4) is 0 Å². The van der Waals surface area contributed by atoms with Gasteiger partial charge < -0.3 is 10.1 Å². The van der Waals surface area contributed by atoms with Crippen molar-refractivity contribution in [2.45, 2.75) is 26.2 Å². The molecule has 0 bridgehead atoms. The maximum absolute atomic E-state index is 12.1. The highest BCUT2D eigenvalue weighted by Gasteiger charge is 2.17. The van der Waals surface area contributed by atoms with Crippen LogP contribution in [0.5, 0.6) is 5.75 Å². The average molecular weight is 391 g/mol. The van der Waals surface area contributed by atoms with Crippen molar-refractivity contribution in [1.82, 2.24) is 0 Å². The van der Waals surface area contributed by atoms with Crippen LogP contribution in [0.2, 0.25) is 0 Å². The molecule has 0 heterocycles. The Morgan fingerprint density at radius 2 is 1.85 bits per heavy atom. The second-order valence-electron chi connectivity index (χ2n) is 6.24. The zero-order chi connectivity index (χ0) is 19.9. The predicted molar refractivity (Wildman–Crippen MR) is 109 cm³/mol. The Bertz CT molecular complexity index is 864. The Labute approximate surface area is 161 Å². The van der Waals surface area contributed by atoms with Gasteiger partial charge in [0.15, 0.2) is 0 Å². The molecule has 0 unspecified atom stereocenters. The monoisotopic (exact) mass is 390 g/mol. The molecule has 2 rings (SSSR count). The van der Waals surface area contributed by atoms with Crippen LogP contribution >= 0.6 is 0 Å². The molecule has 2 aromatic carbocycles. The maximum Gasteiger partial charge on any atom is 0.232 e. The summed E-state index contributed by atoms with van der Waals surface area (Å²) in [7, 11) is -1.86. The van der Waals surface area contributed by atoms with E-state index < -0.39 is 10.0 Å². The van der Waals surface area contributed by atoms with E-state index in [-0.39, 0.29) is 18.9 Å². The number of benzene rings is 2. The highest BCUT2D eigenvalue weighted by molar-refractivity contribution is 7.92. The smallest absolute Gasteiger partial charge is 0.232 e. The van der Waals surface area contributed by atoms with Crippen molar-refractivity contribution in [3.8, 4) is 5.75 Å². The van der Waals surface area contributed by atoms with Crippen molar-refractivity contribution in [3.63, 3.8) is 0 Å². The van der Waals surface area contributed by atoms with E-state index >= 15 is 0 Å². The standard InChI is InChI=1S/C20H26N2O4S/c1-4-16-10-12-18(13-11-16)22(27(3,24)25)14-6-9-20(23)21-17-7-5-8-19(15-17)26-2/h5,7-8,10-13,15H,4,6,9,14H2,1-3H3,(H,21,23). The molecule has 146 valence electrons. The summed E-state index contributed by atoms with van der Waals surface area (Å²) >= 11 is 0. The number of carbonyl (C=O) groups excluding carboxylic acids is 1. The number of ether oxygens (including phenoxy) is 1. The van der Waals surface area contributed by atoms with Crippen molar-refractivity contribution >= 4 is 27.3 Å². The summed E-state index contributed by atoms with van der Waals surface area (Å²) in [5.41, 5.74) is 2.40. The highest BCUT2D eigenvalue weighted by Crippen LogP contribution is 2.20. The van der Waals surface area contributed by atoms with Crippen molar-refractivity contribution < 1.29 is 17.9 Å². The summed E-state index contributed by atoms with van der Waals surface area (Å²) in [4.78, 5) is 12.1. The van der Waals surface area contributed by atoms with E-state index in [0.717, 1.165) is 12.0 Å². The Kier molecular flexibility index (Phi) is 7.24. The molecule has 0 spiro atoms. The molecule has 2 aromatic rings. The van der Waals surface area contributed by atoms with Crippen LogP contribution in [-0.4, -0.2) is 34.2 Å². The van der Waals surface area contributed by atoms with Crippen molar-refractivity contribution in [1.29, 1.82) is 0 Å². The first-order chi connectivity index (χ1) is 12.8. The number of nitrogens with one attached hydrogen (secondary N) is 1. The second kappa shape index (κ2) is 9.41. The number of aryl methyl sites for hydroxylation is 1. The van der Waals surface area contributed by atoms with Crippen LogP contribution in [-0.2, 0) is 21.2 Å². The summed E-state index contributed by atoms with van der Waals surface area (Å²) in [6.07, 6.45) is 2.70. The molecule has 0 aliphatic rings. The van der Waals surface area contributed by atoms with E-state index in [0.29, 0.717) is 23.5 Å². The summed E-state index contributed by atoms with van der Waals surface area (Å²) < 4.78 is 30.7. The van der Waals surface area contributed by atoms with Crippen LogP contribution < -0.4 is 14.4 Å². The molecule has 1 N–H and O–H groups in total. The lowest BCUT2D eigenvalue weighted by molar-refractivity contribution is -0.116.